The Morgan fingerprint density at radius 2 is 1.92 bits per heavy atom. The highest BCUT2D eigenvalue weighted by molar-refractivity contribution is 5.70. The number of rotatable bonds is 2. The summed E-state index contributed by atoms with van der Waals surface area (Å²) < 4.78 is 0. The molecule has 1 N–H and O–H groups in total. The van der Waals surface area contributed by atoms with Gasteiger partial charge in [-0.2, -0.15) is 0 Å². The normalized spacial score (nSPS) is 39.3. The molecule has 2 rings (SSSR count). The molecule has 0 aliphatic carbocycles. The molecule has 0 aromatic carbocycles. The van der Waals surface area contributed by atoms with Gasteiger partial charge in [-0.1, -0.05) is 6.92 Å². The Morgan fingerprint density at radius 1 is 1.38 bits per heavy atom. The summed E-state index contributed by atoms with van der Waals surface area (Å²) in [5.41, 5.74) is 0. The molecule has 3 heteroatoms. The van der Waals surface area contributed by atoms with Crippen LogP contribution in [0.3, 0.4) is 0 Å². The minimum absolute atomic E-state index is 0.0692. The van der Waals surface area contributed by atoms with Gasteiger partial charge < -0.3 is 5.11 Å². The van der Waals surface area contributed by atoms with Crippen LogP contribution in [0.15, 0.2) is 0 Å². The van der Waals surface area contributed by atoms with Gasteiger partial charge in [0.2, 0.25) is 0 Å². The first kappa shape index (κ1) is 9.00. The molecule has 2 atom stereocenters. The van der Waals surface area contributed by atoms with Crippen molar-refractivity contribution in [2.75, 3.05) is 6.54 Å². The van der Waals surface area contributed by atoms with Crippen molar-refractivity contribution in [3.8, 4) is 0 Å². The largest absolute Gasteiger partial charge is 0.481 e. The maximum Gasteiger partial charge on any atom is 0.306 e. The summed E-state index contributed by atoms with van der Waals surface area (Å²) >= 11 is 0. The van der Waals surface area contributed by atoms with Gasteiger partial charge in [-0.15, -0.1) is 0 Å². The van der Waals surface area contributed by atoms with Crippen LogP contribution in [0.5, 0.6) is 0 Å². The zero-order valence-electron chi connectivity index (χ0n) is 8.07. The second-order valence-electron chi connectivity index (χ2n) is 4.22. The molecule has 2 unspecified atom stereocenters. The van der Waals surface area contributed by atoms with Gasteiger partial charge in [0.05, 0.1) is 5.92 Å². The van der Waals surface area contributed by atoms with Gasteiger partial charge in [-0.05, 0) is 32.2 Å². The van der Waals surface area contributed by atoms with Crippen molar-refractivity contribution in [3.05, 3.63) is 0 Å². The summed E-state index contributed by atoms with van der Waals surface area (Å²) in [4.78, 5) is 13.3. The Labute approximate surface area is 78.7 Å². The summed E-state index contributed by atoms with van der Waals surface area (Å²) in [7, 11) is 0. The zero-order valence-corrected chi connectivity index (χ0v) is 8.07. The fourth-order valence-corrected chi connectivity index (χ4v) is 2.99. The van der Waals surface area contributed by atoms with Crippen LogP contribution >= 0.6 is 0 Å². The Morgan fingerprint density at radius 3 is 2.31 bits per heavy atom. The zero-order chi connectivity index (χ0) is 9.42. The van der Waals surface area contributed by atoms with Crippen LogP contribution in [0.1, 0.15) is 32.6 Å². The monoisotopic (exact) mass is 183 g/mol. The maximum absolute atomic E-state index is 10.8. The predicted octanol–water partition coefficient (Wildman–Crippen LogP) is 1.33. The second kappa shape index (κ2) is 3.29. The van der Waals surface area contributed by atoms with E-state index in [1.54, 1.807) is 0 Å². The van der Waals surface area contributed by atoms with E-state index < -0.39 is 5.97 Å². The number of hydrogen-bond donors (Lipinski definition) is 1. The molecular formula is C10H17NO2. The van der Waals surface area contributed by atoms with E-state index in [-0.39, 0.29) is 5.92 Å². The maximum atomic E-state index is 10.8. The quantitative estimate of drug-likeness (QED) is 0.702. The summed E-state index contributed by atoms with van der Waals surface area (Å²) in [6, 6.07) is 1.12. The van der Waals surface area contributed by atoms with Gasteiger partial charge >= 0.3 is 5.97 Å². The first-order valence-corrected chi connectivity index (χ1v) is 5.21. The van der Waals surface area contributed by atoms with E-state index in [0.29, 0.717) is 12.1 Å². The van der Waals surface area contributed by atoms with E-state index in [1.165, 1.54) is 12.8 Å². The number of carbonyl (C=O) groups is 1. The lowest BCUT2D eigenvalue weighted by Crippen LogP contribution is -2.44. The molecule has 3 nitrogen and oxygen atoms in total. The lowest BCUT2D eigenvalue weighted by Gasteiger charge is -2.36. The summed E-state index contributed by atoms with van der Waals surface area (Å²) in [6.07, 6.45) is 4.17. The topological polar surface area (TPSA) is 40.5 Å². The molecule has 2 fully saturated rings. The molecule has 2 heterocycles. The Hall–Kier alpha value is -0.570. The third-order valence-electron chi connectivity index (χ3n) is 3.60. The van der Waals surface area contributed by atoms with Crippen LogP contribution in [0.4, 0.5) is 0 Å². The van der Waals surface area contributed by atoms with Crippen LogP contribution in [0.25, 0.3) is 0 Å². The van der Waals surface area contributed by atoms with Gasteiger partial charge in [-0.25, -0.2) is 0 Å². The molecule has 0 spiro atoms. The van der Waals surface area contributed by atoms with E-state index in [9.17, 15) is 4.79 Å². The van der Waals surface area contributed by atoms with Crippen LogP contribution < -0.4 is 0 Å². The predicted molar refractivity (Wildman–Crippen MR) is 49.5 cm³/mol. The van der Waals surface area contributed by atoms with Gasteiger partial charge in [-0.3, -0.25) is 9.69 Å². The second-order valence-corrected chi connectivity index (χ2v) is 4.22. The van der Waals surface area contributed by atoms with E-state index in [4.69, 9.17) is 5.11 Å². The van der Waals surface area contributed by atoms with Gasteiger partial charge in [0.25, 0.3) is 0 Å². The first-order valence-electron chi connectivity index (χ1n) is 5.21. The average Bonchev–Trinajstić information content (AvgIpc) is 2.34. The van der Waals surface area contributed by atoms with Crippen molar-refractivity contribution in [2.24, 2.45) is 5.92 Å². The van der Waals surface area contributed by atoms with E-state index in [2.05, 4.69) is 11.8 Å². The number of hydrogen-bond acceptors (Lipinski definition) is 2. The molecule has 0 aromatic rings. The molecular weight excluding hydrogens is 166 g/mol. The molecule has 0 radical (unpaired) electrons. The third-order valence-corrected chi connectivity index (χ3v) is 3.60. The highest BCUT2D eigenvalue weighted by Gasteiger charge is 2.41. The molecule has 2 aliphatic heterocycles. The fraction of sp³-hybridized carbons (Fsp3) is 0.900. The molecule has 2 saturated heterocycles. The van der Waals surface area contributed by atoms with E-state index in [0.717, 1.165) is 19.4 Å². The minimum atomic E-state index is -0.590. The highest BCUT2D eigenvalue weighted by Crippen LogP contribution is 2.38. The van der Waals surface area contributed by atoms with E-state index >= 15 is 0 Å². The number of piperidine rings is 1. The van der Waals surface area contributed by atoms with Gasteiger partial charge in [0.15, 0.2) is 0 Å². The fourth-order valence-electron chi connectivity index (χ4n) is 2.99. The highest BCUT2D eigenvalue weighted by atomic mass is 16.4. The van der Waals surface area contributed by atoms with E-state index in [1.807, 2.05) is 0 Å². The van der Waals surface area contributed by atoms with Crippen molar-refractivity contribution < 1.29 is 9.90 Å². The van der Waals surface area contributed by atoms with Crippen molar-refractivity contribution in [2.45, 2.75) is 44.7 Å². The average molecular weight is 183 g/mol. The Kier molecular flexibility index (Phi) is 2.28. The smallest absolute Gasteiger partial charge is 0.306 e. The Bertz CT molecular complexity index is 203. The summed E-state index contributed by atoms with van der Waals surface area (Å²) in [5, 5.41) is 8.94. The Balaban J connectivity index is 2.06. The molecule has 74 valence electrons. The van der Waals surface area contributed by atoms with Crippen molar-refractivity contribution in [3.63, 3.8) is 0 Å². The molecule has 0 amide bonds. The lowest BCUT2D eigenvalue weighted by molar-refractivity contribution is -0.144. The SMILES string of the molecule is CCN1C2CCC1CC(C(=O)O)C2. The van der Waals surface area contributed by atoms with Crippen molar-refractivity contribution >= 4 is 5.97 Å². The number of aliphatic carboxylic acids is 1. The molecule has 0 saturated carbocycles. The molecule has 13 heavy (non-hydrogen) atoms. The number of carboxylic acid groups (broad SMARTS) is 1. The van der Waals surface area contributed by atoms with Crippen molar-refractivity contribution in [1.82, 2.24) is 4.90 Å². The third kappa shape index (κ3) is 1.46. The number of fused-ring (bicyclic) bond motifs is 2. The van der Waals surface area contributed by atoms with Crippen LogP contribution in [0.2, 0.25) is 0 Å². The molecule has 0 aromatic heterocycles. The van der Waals surface area contributed by atoms with Crippen molar-refractivity contribution in [1.29, 1.82) is 0 Å². The first-order chi connectivity index (χ1) is 6.22. The number of nitrogens with zero attached hydrogens (tertiary/aromatic N) is 1. The minimum Gasteiger partial charge on any atom is -0.481 e. The standard InChI is InChI=1S/C10H17NO2/c1-2-11-8-3-4-9(11)6-7(5-8)10(12)13/h7-9H,2-6H2,1H3,(H,12,13). The lowest BCUT2D eigenvalue weighted by atomic mass is 9.91. The molecule has 2 aliphatic rings. The number of carboxylic acids is 1. The van der Waals surface area contributed by atoms with Crippen LogP contribution in [-0.4, -0.2) is 34.6 Å². The van der Waals surface area contributed by atoms with Gasteiger partial charge in [0, 0.05) is 12.1 Å². The van der Waals surface area contributed by atoms with Crippen LogP contribution in [0, 0.1) is 5.92 Å². The van der Waals surface area contributed by atoms with Crippen LogP contribution in [-0.2, 0) is 4.79 Å². The summed E-state index contributed by atoms with van der Waals surface area (Å²) in [5.74, 6) is -0.659. The molecule has 2 bridgehead atoms. The van der Waals surface area contributed by atoms with Gasteiger partial charge in [0.1, 0.15) is 0 Å². The summed E-state index contributed by atoms with van der Waals surface area (Å²) in [6.45, 7) is 3.26.